The van der Waals surface area contributed by atoms with E-state index in [2.05, 4.69) is 4.98 Å². The van der Waals surface area contributed by atoms with Gasteiger partial charge in [-0.25, -0.2) is 4.98 Å². The quantitative estimate of drug-likeness (QED) is 0.601. The molecule has 0 spiro atoms. The van der Waals surface area contributed by atoms with Gasteiger partial charge in [-0.05, 0) is 24.6 Å². The molecule has 2 rings (SSSR count). The molecule has 0 amide bonds. The molecule has 0 aliphatic rings. The Kier molecular flexibility index (Phi) is 5.70. The van der Waals surface area contributed by atoms with Crippen molar-refractivity contribution in [3.05, 3.63) is 45.1 Å². The number of nitro groups is 1. The first kappa shape index (κ1) is 15.4. The van der Waals surface area contributed by atoms with Gasteiger partial charge in [0.1, 0.15) is 6.20 Å². The second-order valence-electron chi connectivity index (χ2n) is 3.79. The van der Waals surface area contributed by atoms with Gasteiger partial charge in [0, 0.05) is 16.0 Å². The van der Waals surface area contributed by atoms with Crippen LogP contribution in [-0.2, 0) is 6.42 Å². The summed E-state index contributed by atoms with van der Waals surface area (Å²) in [5.41, 5.74) is 1.52. The van der Waals surface area contributed by atoms with Gasteiger partial charge in [0.2, 0.25) is 0 Å². The van der Waals surface area contributed by atoms with Crippen molar-refractivity contribution in [2.24, 2.45) is 0 Å². The third-order valence-corrected chi connectivity index (χ3v) is 2.85. The summed E-state index contributed by atoms with van der Waals surface area (Å²) in [5, 5.41) is 12.3. The number of rotatable bonds is 3. The number of benzene rings is 1. The first-order valence-electron chi connectivity index (χ1n) is 6.35. The number of aryl methyl sites for hydroxylation is 1. The van der Waals surface area contributed by atoms with Crippen LogP contribution >= 0.6 is 11.6 Å². The van der Waals surface area contributed by atoms with Crippen molar-refractivity contribution >= 4 is 28.2 Å². The number of aromatic nitrogens is 1. The van der Waals surface area contributed by atoms with Gasteiger partial charge in [0.05, 0.1) is 10.4 Å². The lowest BCUT2D eigenvalue weighted by atomic mass is 10.0. The van der Waals surface area contributed by atoms with Gasteiger partial charge in [-0.15, -0.1) is 0 Å². The topological polar surface area (TPSA) is 56.0 Å². The standard InChI is InChI=1S/C12H11ClN2O2.C2H6/c1-2-3-9-10-6-8(13)4-5-11(10)14-7-12(9)15(16)17;1-2/h4-7H,2-3H2,1H3;1-2H3. The van der Waals surface area contributed by atoms with Crippen LogP contribution in [0.5, 0.6) is 0 Å². The Morgan fingerprint density at radius 1 is 1.37 bits per heavy atom. The third-order valence-electron chi connectivity index (χ3n) is 2.62. The highest BCUT2D eigenvalue weighted by molar-refractivity contribution is 6.31. The third kappa shape index (κ3) is 3.41. The Labute approximate surface area is 117 Å². The molecule has 0 radical (unpaired) electrons. The van der Waals surface area contributed by atoms with Crippen LogP contribution in [0.25, 0.3) is 10.9 Å². The molecule has 102 valence electrons. The zero-order valence-corrected chi connectivity index (χ0v) is 12.1. The molecule has 0 unspecified atom stereocenters. The van der Waals surface area contributed by atoms with Crippen molar-refractivity contribution in [3.63, 3.8) is 0 Å². The van der Waals surface area contributed by atoms with Crippen LogP contribution in [-0.4, -0.2) is 9.91 Å². The van der Waals surface area contributed by atoms with Crippen LogP contribution in [0.15, 0.2) is 24.4 Å². The molecule has 0 bridgehead atoms. The monoisotopic (exact) mass is 280 g/mol. The second kappa shape index (κ2) is 7.04. The molecule has 1 aromatic heterocycles. The highest BCUT2D eigenvalue weighted by atomic mass is 35.5. The average molecular weight is 281 g/mol. The van der Waals surface area contributed by atoms with E-state index in [1.165, 1.54) is 6.20 Å². The minimum absolute atomic E-state index is 0.0709. The van der Waals surface area contributed by atoms with Crippen molar-refractivity contribution in [1.82, 2.24) is 4.98 Å². The lowest BCUT2D eigenvalue weighted by Gasteiger charge is -2.06. The van der Waals surface area contributed by atoms with Crippen molar-refractivity contribution in [1.29, 1.82) is 0 Å². The fourth-order valence-electron chi connectivity index (χ4n) is 1.88. The summed E-state index contributed by atoms with van der Waals surface area (Å²) < 4.78 is 0. The first-order chi connectivity index (χ1) is 9.13. The maximum Gasteiger partial charge on any atom is 0.291 e. The van der Waals surface area contributed by atoms with E-state index in [9.17, 15) is 10.1 Å². The van der Waals surface area contributed by atoms with E-state index in [1.807, 2.05) is 20.8 Å². The lowest BCUT2D eigenvalue weighted by molar-refractivity contribution is -0.385. The number of nitrogens with zero attached hydrogens (tertiary/aromatic N) is 2. The molecule has 1 heterocycles. The Morgan fingerprint density at radius 2 is 2.05 bits per heavy atom. The van der Waals surface area contributed by atoms with Gasteiger partial charge in [0.15, 0.2) is 0 Å². The molecule has 4 nitrogen and oxygen atoms in total. The van der Waals surface area contributed by atoms with Gasteiger partial charge in [-0.2, -0.15) is 0 Å². The van der Waals surface area contributed by atoms with Crippen LogP contribution in [0.2, 0.25) is 5.02 Å². The summed E-state index contributed by atoms with van der Waals surface area (Å²) in [6.45, 7) is 5.99. The van der Waals surface area contributed by atoms with Crippen LogP contribution in [0.3, 0.4) is 0 Å². The van der Waals surface area contributed by atoms with Crippen molar-refractivity contribution < 1.29 is 4.92 Å². The molecule has 1 aromatic carbocycles. The SMILES string of the molecule is CC.CCCc1c([N+](=O)[O-])cnc2ccc(Cl)cc12. The fraction of sp³-hybridized carbons (Fsp3) is 0.357. The molecule has 2 aromatic rings. The van der Waals surface area contributed by atoms with Gasteiger partial charge in [-0.1, -0.05) is 38.8 Å². The van der Waals surface area contributed by atoms with Crippen molar-refractivity contribution in [2.45, 2.75) is 33.6 Å². The van der Waals surface area contributed by atoms with E-state index >= 15 is 0 Å². The molecule has 5 heteroatoms. The predicted octanol–water partition coefficient (Wildman–Crippen LogP) is 4.78. The van der Waals surface area contributed by atoms with Crippen molar-refractivity contribution in [3.8, 4) is 0 Å². The summed E-state index contributed by atoms with van der Waals surface area (Å²) in [4.78, 5) is 14.7. The van der Waals surface area contributed by atoms with Gasteiger partial charge < -0.3 is 0 Å². The Bertz CT molecular complexity index is 585. The number of hydrogen-bond acceptors (Lipinski definition) is 3. The van der Waals surface area contributed by atoms with Gasteiger partial charge >= 0.3 is 0 Å². The summed E-state index contributed by atoms with van der Waals surface area (Å²) in [6.07, 6.45) is 2.81. The zero-order valence-electron chi connectivity index (χ0n) is 11.3. The number of hydrogen-bond donors (Lipinski definition) is 0. The summed E-state index contributed by atoms with van der Waals surface area (Å²) >= 11 is 5.93. The number of fused-ring (bicyclic) bond motifs is 1. The first-order valence-corrected chi connectivity index (χ1v) is 6.72. The van der Waals surface area contributed by atoms with Crippen molar-refractivity contribution in [2.75, 3.05) is 0 Å². The van der Waals surface area contributed by atoms with E-state index in [0.29, 0.717) is 17.0 Å². The highest BCUT2D eigenvalue weighted by Gasteiger charge is 2.17. The molecule has 0 atom stereocenters. The molecular formula is C14H17ClN2O2. The minimum Gasteiger partial charge on any atom is -0.258 e. The molecule has 0 saturated heterocycles. The molecule has 0 N–H and O–H groups in total. The Morgan fingerprint density at radius 3 is 2.63 bits per heavy atom. The molecule has 0 aliphatic heterocycles. The predicted molar refractivity (Wildman–Crippen MR) is 78.8 cm³/mol. The minimum atomic E-state index is -0.391. The van der Waals surface area contributed by atoms with E-state index in [4.69, 9.17) is 11.6 Å². The molecule has 0 aliphatic carbocycles. The summed E-state index contributed by atoms with van der Waals surface area (Å²) in [5.74, 6) is 0. The Hall–Kier alpha value is -1.68. The highest BCUT2D eigenvalue weighted by Crippen LogP contribution is 2.29. The summed E-state index contributed by atoms with van der Waals surface area (Å²) in [6, 6.07) is 5.25. The van der Waals surface area contributed by atoms with Crippen LogP contribution in [0, 0.1) is 10.1 Å². The van der Waals surface area contributed by atoms with Crippen LogP contribution in [0.1, 0.15) is 32.8 Å². The largest absolute Gasteiger partial charge is 0.291 e. The Balaban J connectivity index is 0.000000861. The van der Waals surface area contributed by atoms with E-state index in [-0.39, 0.29) is 5.69 Å². The van der Waals surface area contributed by atoms with Gasteiger partial charge in [0.25, 0.3) is 5.69 Å². The lowest BCUT2D eigenvalue weighted by Crippen LogP contribution is -1.98. The second-order valence-corrected chi connectivity index (χ2v) is 4.23. The van der Waals surface area contributed by atoms with E-state index in [1.54, 1.807) is 18.2 Å². The molecule has 19 heavy (non-hydrogen) atoms. The number of pyridine rings is 1. The van der Waals surface area contributed by atoms with Crippen LogP contribution < -0.4 is 0 Å². The average Bonchev–Trinajstić information content (AvgIpc) is 2.41. The van der Waals surface area contributed by atoms with Crippen LogP contribution in [0.4, 0.5) is 5.69 Å². The van der Waals surface area contributed by atoms with Gasteiger partial charge in [-0.3, -0.25) is 10.1 Å². The normalized spacial score (nSPS) is 9.89. The molecule has 0 saturated carbocycles. The smallest absolute Gasteiger partial charge is 0.258 e. The maximum absolute atomic E-state index is 11.0. The summed E-state index contributed by atoms with van der Waals surface area (Å²) in [7, 11) is 0. The van der Waals surface area contributed by atoms with E-state index < -0.39 is 4.92 Å². The van der Waals surface area contributed by atoms with E-state index in [0.717, 1.165) is 17.3 Å². The maximum atomic E-state index is 11.0. The fourth-order valence-corrected chi connectivity index (χ4v) is 2.05. The molecule has 0 fully saturated rings. The zero-order chi connectivity index (χ0) is 14.4. The number of halogens is 1. The molecular weight excluding hydrogens is 264 g/mol.